The van der Waals surface area contributed by atoms with Crippen LogP contribution in [-0.4, -0.2) is 24.4 Å². The topological polar surface area (TPSA) is 84.5 Å². The zero-order valence-corrected chi connectivity index (χ0v) is 18.7. The van der Waals surface area contributed by atoms with E-state index in [4.69, 9.17) is 27.9 Å². The molecule has 0 saturated carbocycles. The Balaban J connectivity index is 1.66. The van der Waals surface area contributed by atoms with Crippen LogP contribution in [0.4, 0.5) is 11.4 Å². The lowest BCUT2D eigenvalue weighted by atomic mass is 10.2. The van der Waals surface area contributed by atoms with E-state index in [1.165, 1.54) is 0 Å². The largest absolute Gasteiger partial charge is 0.456 e. The van der Waals surface area contributed by atoms with Gasteiger partial charge in [0.1, 0.15) is 0 Å². The van der Waals surface area contributed by atoms with E-state index in [0.29, 0.717) is 27.8 Å². The van der Waals surface area contributed by atoms with Crippen molar-refractivity contribution in [2.24, 2.45) is 0 Å². The normalized spacial score (nSPS) is 10.3. The Hall–Kier alpha value is -2.09. The second-order valence-electron chi connectivity index (χ2n) is 6.20. The van der Waals surface area contributed by atoms with Crippen LogP contribution in [0.5, 0.6) is 0 Å². The standard InChI is InChI=1S/C20H19BrCl2N2O4/c1-12-9-13(21)5-8-17(12)25-19(27)11-29-20(28)4-2-3-18(26)24-14-6-7-15(22)16(23)10-14/h5-10H,2-4,11H2,1H3,(H,24,26)(H,25,27). The van der Waals surface area contributed by atoms with Gasteiger partial charge in [-0.1, -0.05) is 39.1 Å². The van der Waals surface area contributed by atoms with Crippen LogP contribution in [0.15, 0.2) is 40.9 Å². The quantitative estimate of drug-likeness (QED) is 0.477. The third-order valence-electron chi connectivity index (χ3n) is 3.81. The van der Waals surface area contributed by atoms with Crippen LogP contribution in [0.25, 0.3) is 0 Å². The van der Waals surface area contributed by atoms with Gasteiger partial charge in [-0.05, 0) is 55.3 Å². The summed E-state index contributed by atoms with van der Waals surface area (Å²) in [4.78, 5) is 35.6. The van der Waals surface area contributed by atoms with Crippen molar-refractivity contribution in [1.82, 2.24) is 0 Å². The molecule has 0 unspecified atom stereocenters. The number of aryl methyl sites for hydroxylation is 1. The first-order valence-electron chi connectivity index (χ1n) is 8.71. The van der Waals surface area contributed by atoms with Crippen LogP contribution in [0.1, 0.15) is 24.8 Å². The Morgan fingerprint density at radius 1 is 0.966 bits per heavy atom. The summed E-state index contributed by atoms with van der Waals surface area (Å²) in [5.41, 5.74) is 2.05. The minimum absolute atomic E-state index is 0.0272. The number of ether oxygens (including phenoxy) is 1. The van der Waals surface area contributed by atoms with Gasteiger partial charge in [0.2, 0.25) is 5.91 Å². The van der Waals surface area contributed by atoms with Crippen LogP contribution in [-0.2, 0) is 19.1 Å². The van der Waals surface area contributed by atoms with E-state index in [-0.39, 0.29) is 25.4 Å². The molecule has 0 heterocycles. The molecule has 0 aromatic heterocycles. The maximum atomic E-state index is 11.9. The number of benzene rings is 2. The van der Waals surface area contributed by atoms with Crippen molar-refractivity contribution in [3.63, 3.8) is 0 Å². The number of halogens is 3. The fourth-order valence-electron chi connectivity index (χ4n) is 2.36. The van der Waals surface area contributed by atoms with E-state index in [1.54, 1.807) is 30.3 Å². The van der Waals surface area contributed by atoms with E-state index in [9.17, 15) is 14.4 Å². The van der Waals surface area contributed by atoms with Gasteiger partial charge < -0.3 is 15.4 Å². The van der Waals surface area contributed by atoms with E-state index in [1.807, 2.05) is 13.0 Å². The zero-order valence-electron chi connectivity index (χ0n) is 15.6. The summed E-state index contributed by atoms with van der Waals surface area (Å²) in [5.74, 6) is -1.24. The summed E-state index contributed by atoms with van der Waals surface area (Å²) in [6, 6.07) is 10.2. The second kappa shape index (κ2) is 11.2. The summed E-state index contributed by atoms with van der Waals surface area (Å²) in [6.45, 7) is 1.47. The molecule has 0 saturated heterocycles. The van der Waals surface area contributed by atoms with Gasteiger partial charge >= 0.3 is 5.97 Å². The van der Waals surface area contributed by atoms with Gasteiger partial charge in [-0.15, -0.1) is 0 Å². The molecule has 2 aromatic carbocycles. The molecule has 0 fully saturated rings. The van der Waals surface area contributed by atoms with Crippen LogP contribution in [0.2, 0.25) is 10.0 Å². The lowest BCUT2D eigenvalue weighted by Gasteiger charge is -2.09. The molecule has 0 aliphatic carbocycles. The highest BCUT2D eigenvalue weighted by Crippen LogP contribution is 2.25. The molecule has 29 heavy (non-hydrogen) atoms. The molecular weight excluding hydrogens is 483 g/mol. The van der Waals surface area contributed by atoms with Crippen molar-refractivity contribution >= 4 is 68.3 Å². The molecule has 0 atom stereocenters. The molecule has 2 aromatic rings. The first-order valence-corrected chi connectivity index (χ1v) is 10.3. The predicted octanol–water partition coefficient (Wildman–Crippen LogP) is 5.36. The third-order valence-corrected chi connectivity index (χ3v) is 5.05. The van der Waals surface area contributed by atoms with Gasteiger partial charge in [-0.25, -0.2) is 0 Å². The van der Waals surface area contributed by atoms with Gasteiger partial charge in [0, 0.05) is 28.7 Å². The van der Waals surface area contributed by atoms with Crippen LogP contribution < -0.4 is 10.6 Å². The first-order chi connectivity index (χ1) is 13.7. The Morgan fingerprint density at radius 3 is 2.41 bits per heavy atom. The highest BCUT2D eigenvalue weighted by molar-refractivity contribution is 9.10. The number of anilines is 2. The van der Waals surface area contributed by atoms with Crippen molar-refractivity contribution in [3.8, 4) is 0 Å². The van der Waals surface area contributed by atoms with Crippen LogP contribution in [0, 0.1) is 6.92 Å². The van der Waals surface area contributed by atoms with E-state index < -0.39 is 11.9 Å². The Kier molecular flexibility index (Phi) is 8.95. The second-order valence-corrected chi connectivity index (χ2v) is 7.93. The molecule has 0 radical (unpaired) electrons. The molecule has 2 amide bonds. The molecule has 154 valence electrons. The number of carbonyl (C=O) groups is 3. The summed E-state index contributed by atoms with van der Waals surface area (Å²) in [7, 11) is 0. The highest BCUT2D eigenvalue weighted by atomic mass is 79.9. The SMILES string of the molecule is Cc1cc(Br)ccc1NC(=O)COC(=O)CCCC(=O)Nc1ccc(Cl)c(Cl)c1. The fourth-order valence-corrected chi connectivity index (χ4v) is 3.14. The maximum Gasteiger partial charge on any atom is 0.306 e. The maximum absolute atomic E-state index is 11.9. The average Bonchev–Trinajstić information content (AvgIpc) is 2.65. The van der Waals surface area contributed by atoms with Crippen LogP contribution in [0.3, 0.4) is 0 Å². The van der Waals surface area contributed by atoms with Crippen molar-refractivity contribution in [2.75, 3.05) is 17.2 Å². The van der Waals surface area contributed by atoms with Gasteiger partial charge in [0.05, 0.1) is 10.0 Å². The minimum Gasteiger partial charge on any atom is -0.456 e. The minimum atomic E-state index is -0.546. The molecular formula is C20H19BrCl2N2O4. The molecule has 0 aliphatic heterocycles. The molecule has 2 rings (SSSR count). The number of rotatable bonds is 8. The number of carbonyl (C=O) groups excluding carboxylic acids is 3. The Bertz CT molecular complexity index is 921. The van der Waals surface area contributed by atoms with Gasteiger partial charge in [0.25, 0.3) is 5.91 Å². The number of nitrogens with one attached hydrogen (secondary N) is 2. The zero-order chi connectivity index (χ0) is 21.4. The van der Waals surface area contributed by atoms with Gasteiger partial charge in [0.15, 0.2) is 6.61 Å². The van der Waals surface area contributed by atoms with E-state index >= 15 is 0 Å². The molecule has 9 heteroatoms. The Labute approximate surface area is 187 Å². The third kappa shape index (κ3) is 8.04. The summed E-state index contributed by atoms with van der Waals surface area (Å²) in [6.07, 6.45) is 0.443. The smallest absolute Gasteiger partial charge is 0.306 e. The highest BCUT2D eigenvalue weighted by Gasteiger charge is 2.11. The molecule has 0 spiro atoms. The molecule has 2 N–H and O–H groups in total. The van der Waals surface area contributed by atoms with E-state index in [0.717, 1.165) is 10.0 Å². The molecule has 0 bridgehead atoms. The lowest BCUT2D eigenvalue weighted by Crippen LogP contribution is -2.21. The number of esters is 1. The molecule has 6 nitrogen and oxygen atoms in total. The Morgan fingerprint density at radius 2 is 1.72 bits per heavy atom. The monoisotopic (exact) mass is 500 g/mol. The van der Waals surface area contributed by atoms with E-state index in [2.05, 4.69) is 26.6 Å². The fraction of sp³-hybridized carbons (Fsp3) is 0.250. The first kappa shape index (κ1) is 23.2. The lowest BCUT2D eigenvalue weighted by molar-refractivity contribution is -0.147. The van der Waals surface area contributed by atoms with Crippen LogP contribution >= 0.6 is 39.1 Å². The van der Waals surface area contributed by atoms with Crippen molar-refractivity contribution in [1.29, 1.82) is 0 Å². The van der Waals surface area contributed by atoms with Crippen molar-refractivity contribution in [3.05, 3.63) is 56.5 Å². The number of hydrogen-bond acceptors (Lipinski definition) is 4. The average molecular weight is 502 g/mol. The molecule has 0 aliphatic rings. The number of hydrogen-bond donors (Lipinski definition) is 2. The van der Waals surface area contributed by atoms with Crippen molar-refractivity contribution < 1.29 is 19.1 Å². The summed E-state index contributed by atoms with van der Waals surface area (Å²) in [5, 5.41) is 6.08. The number of amides is 2. The van der Waals surface area contributed by atoms with Crippen molar-refractivity contribution in [2.45, 2.75) is 26.2 Å². The predicted molar refractivity (Wildman–Crippen MR) is 117 cm³/mol. The summed E-state index contributed by atoms with van der Waals surface area (Å²) >= 11 is 15.1. The summed E-state index contributed by atoms with van der Waals surface area (Å²) < 4.78 is 5.85. The van der Waals surface area contributed by atoms with Gasteiger partial charge in [-0.3, -0.25) is 14.4 Å². The van der Waals surface area contributed by atoms with Gasteiger partial charge in [-0.2, -0.15) is 0 Å².